The van der Waals surface area contributed by atoms with E-state index in [9.17, 15) is 13.2 Å². The van der Waals surface area contributed by atoms with Crippen LogP contribution >= 0.6 is 11.7 Å². The van der Waals surface area contributed by atoms with E-state index in [0.29, 0.717) is 37.0 Å². The molecular formula is C16H19N5O3S2. The summed E-state index contributed by atoms with van der Waals surface area (Å²) in [6, 6.07) is 6.92. The maximum absolute atomic E-state index is 13.1. The number of sulfonamides is 1. The van der Waals surface area contributed by atoms with Crippen LogP contribution in [0.4, 0.5) is 0 Å². The Balaban J connectivity index is 1.82. The fourth-order valence-corrected chi connectivity index (χ4v) is 5.41. The molecule has 1 unspecified atom stereocenters. The molecule has 10 heteroatoms. The molecule has 0 radical (unpaired) electrons. The van der Waals surface area contributed by atoms with Crippen LogP contribution in [-0.2, 0) is 14.8 Å². The Labute approximate surface area is 156 Å². The van der Waals surface area contributed by atoms with Crippen molar-refractivity contribution in [1.82, 2.24) is 18.0 Å². The summed E-state index contributed by atoms with van der Waals surface area (Å²) in [6.07, 6.45) is 1.52. The summed E-state index contributed by atoms with van der Waals surface area (Å²) in [7, 11) is -2.11. The molecule has 1 aliphatic rings. The molecule has 3 rings (SSSR count). The van der Waals surface area contributed by atoms with E-state index in [4.69, 9.17) is 5.26 Å². The molecule has 0 spiro atoms. The monoisotopic (exact) mass is 393 g/mol. The van der Waals surface area contributed by atoms with Crippen LogP contribution in [-0.4, -0.2) is 59.0 Å². The zero-order valence-corrected chi connectivity index (χ0v) is 16.0. The number of aromatic nitrogens is 2. The molecule has 1 aliphatic heterocycles. The highest BCUT2D eigenvalue weighted by Gasteiger charge is 2.35. The van der Waals surface area contributed by atoms with E-state index in [1.807, 2.05) is 6.07 Å². The maximum atomic E-state index is 13.1. The van der Waals surface area contributed by atoms with Gasteiger partial charge in [-0.3, -0.25) is 4.79 Å². The highest BCUT2D eigenvalue weighted by Crippen LogP contribution is 2.28. The van der Waals surface area contributed by atoms with Crippen LogP contribution in [0, 0.1) is 17.2 Å². The highest BCUT2D eigenvalue weighted by atomic mass is 32.2. The van der Waals surface area contributed by atoms with Crippen molar-refractivity contribution < 1.29 is 13.2 Å². The number of carbonyl (C=O) groups excluding carboxylic acids is 1. The van der Waals surface area contributed by atoms with Crippen molar-refractivity contribution in [2.45, 2.75) is 24.2 Å². The number of piperidine rings is 1. The van der Waals surface area contributed by atoms with Gasteiger partial charge in [-0.15, -0.1) is 0 Å². The molecule has 1 amide bonds. The van der Waals surface area contributed by atoms with Gasteiger partial charge < -0.3 is 4.90 Å². The van der Waals surface area contributed by atoms with Gasteiger partial charge >= 0.3 is 0 Å². The van der Waals surface area contributed by atoms with Crippen LogP contribution in [0.25, 0.3) is 11.0 Å². The Kier molecular flexibility index (Phi) is 5.50. The molecule has 1 aromatic carbocycles. The minimum atomic E-state index is -3.75. The lowest BCUT2D eigenvalue weighted by Gasteiger charge is -2.33. The molecule has 0 saturated carbocycles. The third-order valence-electron chi connectivity index (χ3n) is 4.54. The van der Waals surface area contributed by atoms with Crippen molar-refractivity contribution in [2.24, 2.45) is 5.92 Å². The van der Waals surface area contributed by atoms with Gasteiger partial charge in [0.1, 0.15) is 15.9 Å². The largest absolute Gasteiger partial charge is 0.344 e. The van der Waals surface area contributed by atoms with E-state index in [-0.39, 0.29) is 23.8 Å². The lowest BCUT2D eigenvalue weighted by molar-refractivity contribution is -0.135. The van der Waals surface area contributed by atoms with Crippen molar-refractivity contribution in [3.8, 4) is 6.07 Å². The van der Waals surface area contributed by atoms with E-state index in [2.05, 4.69) is 8.75 Å². The van der Waals surface area contributed by atoms with Crippen LogP contribution < -0.4 is 0 Å². The smallest absolute Gasteiger partial charge is 0.245 e. The summed E-state index contributed by atoms with van der Waals surface area (Å²) in [5.74, 6) is -0.510. The summed E-state index contributed by atoms with van der Waals surface area (Å²) >= 11 is 0.977. The molecule has 26 heavy (non-hydrogen) atoms. The first-order chi connectivity index (χ1) is 12.4. The summed E-state index contributed by atoms with van der Waals surface area (Å²) < 4.78 is 35.8. The number of nitrogens with zero attached hydrogens (tertiary/aromatic N) is 5. The Hall–Kier alpha value is -2.09. The van der Waals surface area contributed by atoms with Crippen molar-refractivity contribution >= 4 is 38.7 Å². The molecule has 1 atom stereocenters. The van der Waals surface area contributed by atoms with E-state index in [0.717, 1.165) is 11.7 Å². The number of amides is 1. The Bertz CT molecular complexity index is 950. The maximum Gasteiger partial charge on any atom is 0.245 e. The van der Waals surface area contributed by atoms with Crippen molar-refractivity contribution in [3.63, 3.8) is 0 Å². The molecule has 0 aliphatic carbocycles. The Morgan fingerprint density at radius 1 is 1.46 bits per heavy atom. The third-order valence-corrected chi connectivity index (χ3v) is 6.97. The van der Waals surface area contributed by atoms with E-state index in [1.54, 1.807) is 19.2 Å². The van der Waals surface area contributed by atoms with Crippen LogP contribution in [0.2, 0.25) is 0 Å². The average molecular weight is 393 g/mol. The zero-order chi connectivity index (χ0) is 18.7. The molecule has 2 heterocycles. The molecule has 138 valence electrons. The molecule has 1 aromatic heterocycles. The molecule has 8 nitrogen and oxygen atoms in total. The van der Waals surface area contributed by atoms with Crippen molar-refractivity contribution in [2.75, 3.05) is 26.7 Å². The molecule has 2 aromatic rings. The normalized spacial score (nSPS) is 18.5. The SMILES string of the molecule is CN(CCC#N)C(=O)C1CCCN(S(=O)(=O)c2cccc3nsnc23)C1. The first-order valence-corrected chi connectivity index (χ1v) is 10.5. The van der Waals surface area contributed by atoms with Gasteiger partial charge in [-0.2, -0.15) is 18.3 Å². The van der Waals surface area contributed by atoms with Gasteiger partial charge in [0.2, 0.25) is 15.9 Å². The molecule has 1 fully saturated rings. The Morgan fingerprint density at radius 2 is 2.27 bits per heavy atom. The van der Waals surface area contributed by atoms with Gasteiger partial charge in [0.05, 0.1) is 30.1 Å². The summed E-state index contributed by atoms with van der Waals surface area (Å²) in [5.41, 5.74) is 0.925. The number of nitriles is 1. The lowest BCUT2D eigenvalue weighted by Crippen LogP contribution is -2.46. The second-order valence-corrected chi connectivity index (χ2v) is 8.69. The lowest BCUT2D eigenvalue weighted by atomic mass is 9.98. The fraction of sp³-hybridized carbons (Fsp3) is 0.500. The van der Waals surface area contributed by atoms with Gasteiger partial charge in [0.15, 0.2) is 0 Å². The van der Waals surface area contributed by atoms with Crippen LogP contribution in [0.1, 0.15) is 19.3 Å². The van der Waals surface area contributed by atoms with Gasteiger partial charge in [-0.25, -0.2) is 8.42 Å². The molecule has 0 N–H and O–H groups in total. The van der Waals surface area contributed by atoms with E-state index in [1.165, 1.54) is 15.3 Å². The standard InChI is InChI=1S/C16H19N5O3S2/c1-20(9-4-8-17)16(22)12-5-3-10-21(11-12)26(23,24)14-7-2-6-13-15(14)19-25-18-13/h2,6-7,12H,3-5,9-11H2,1H3. The van der Waals surface area contributed by atoms with Crippen LogP contribution in [0.3, 0.4) is 0 Å². The molecule has 1 saturated heterocycles. The van der Waals surface area contributed by atoms with Gasteiger partial charge in [0, 0.05) is 26.7 Å². The number of hydrogen-bond acceptors (Lipinski definition) is 7. The summed E-state index contributed by atoms with van der Waals surface area (Å²) in [6.45, 7) is 0.871. The van der Waals surface area contributed by atoms with E-state index >= 15 is 0 Å². The quantitative estimate of drug-likeness (QED) is 0.761. The number of fused-ring (bicyclic) bond motifs is 1. The molecule has 0 bridgehead atoms. The van der Waals surface area contributed by atoms with Crippen molar-refractivity contribution in [3.05, 3.63) is 18.2 Å². The average Bonchev–Trinajstić information content (AvgIpc) is 3.14. The van der Waals surface area contributed by atoms with Gasteiger partial charge in [-0.1, -0.05) is 6.07 Å². The number of benzene rings is 1. The minimum Gasteiger partial charge on any atom is -0.344 e. The number of hydrogen-bond donors (Lipinski definition) is 0. The second-order valence-electron chi connectivity index (χ2n) is 6.26. The first-order valence-electron chi connectivity index (χ1n) is 8.28. The molecular weight excluding hydrogens is 374 g/mol. The number of carbonyl (C=O) groups is 1. The van der Waals surface area contributed by atoms with E-state index < -0.39 is 15.9 Å². The fourth-order valence-electron chi connectivity index (χ4n) is 3.13. The topological polar surface area (TPSA) is 107 Å². The summed E-state index contributed by atoms with van der Waals surface area (Å²) in [4.78, 5) is 14.2. The Morgan fingerprint density at radius 3 is 3.04 bits per heavy atom. The second kappa shape index (κ2) is 7.65. The summed E-state index contributed by atoms with van der Waals surface area (Å²) in [5, 5.41) is 8.67. The zero-order valence-electron chi connectivity index (χ0n) is 14.3. The van der Waals surface area contributed by atoms with Crippen molar-refractivity contribution in [1.29, 1.82) is 5.26 Å². The van der Waals surface area contributed by atoms with Gasteiger partial charge in [-0.05, 0) is 25.0 Å². The first kappa shape index (κ1) is 18.7. The predicted molar refractivity (Wildman–Crippen MR) is 96.8 cm³/mol. The third kappa shape index (κ3) is 3.56. The number of rotatable bonds is 5. The van der Waals surface area contributed by atoms with Crippen LogP contribution in [0.15, 0.2) is 23.1 Å². The minimum absolute atomic E-state index is 0.117. The highest BCUT2D eigenvalue weighted by molar-refractivity contribution is 7.89. The van der Waals surface area contributed by atoms with Crippen LogP contribution in [0.5, 0.6) is 0 Å². The van der Waals surface area contributed by atoms with Gasteiger partial charge in [0.25, 0.3) is 0 Å². The predicted octanol–water partition coefficient (Wildman–Crippen LogP) is 1.46.